The van der Waals surface area contributed by atoms with E-state index in [2.05, 4.69) is 22.0 Å². The summed E-state index contributed by atoms with van der Waals surface area (Å²) in [4.78, 5) is 17.6. The first-order chi connectivity index (χ1) is 14.9. The second-order valence-corrected chi connectivity index (χ2v) is 10.7. The van der Waals surface area contributed by atoms with Crippen LogP contribution in [-0.4, -0.2) is 87.3 Å². The Balaban J connectivity index is 1.45. The van der Waals surface area contributed by atoms with Crippen LogP contribution in [-0.2, 0) is 10.0 Å². The second-order valence-electron chi connectivity index (χ2n) is 8.72. The van der Waals surface area contributed by atoms with Crippen molar-refractivity contribution in [3.63, 3.8) is 0 Å². The molecular weight excluding hydrogens is 412 g/mol. The van der Waals surface area contributed by atoms with E-state index in [4.69, 9.17) is 0 Å². The Kier molecular flexibility index (Phi) is 8.89. The third kappa shape index (κ3) is 6.51. The van der Waals surface area contributed by atoms with E-state index in [1.807, 2.05) is 0 Å². The molecule has 1 aliphatic carbocycles. The lowest BCUT2D eigenvalue weighted by molar-refractivity contribution is 0.0948. The molecule has 1 aromatic carbocycles. The van der Waals surface area contributed by atoms with Crippen molar-refractivity contribution in [3.05, 3.63) is 29.8 Å². The van der Waals surface area contributed by atoms with Crippen molar-refractivity contribution >= 4 is 15.9 Å². The lowest BCUT2D eigenvalue weighted by Crippen LogP contribution is -2.46. The average Bonchev–Trinajstić information content (AvgIpc) is 2.82. The van der Waals surface area contributed by atoms with Crippen LogP contribution in [0.2, 0.25) is 0 Å². The minimum absolute atomic E-state index is 0.0756. The summed E-state index contributed by atoms with van der Waals surface area (Å²) < 4.78 is 27.4. The normalized spacial score (nSPS) is 19.6. The van der Waals surface area contributed by atoms with Crippen LogP contribution in [0.3, 0.4) is 0 Å². The van der Waals surface area contributed by atoms with E-state index < -0.39 is 10.0 Å². The molecule has 1 saturated heterocycles. The maximum atomic E-state index is 12.9. The van der Waals surface area contributed by atoms with Gasteiger partial charge in [-0.05, 0) is 56.6 Å². The van der Waals surface area contributed by atoms with Crippen molar-refractivity contribution in [3.8, 4) is 0 Å². The highest BCUT2D eigenvalue weighted by molar-refractivity contribution is 7.89. The Hall–Kier alpha value is -1.48. The average molecular weight is 451 g/mol. The van der Waals surface area contributed by atoms with Crippen molar-refractivity contribution in [2.75, 3.05) is 52.9 Å². The van der Waals surface area contributed by atoms with Crippen LogP contribution in [0.1, 0.15) is 55.8 Å². The summed E-state index contributed by atoms with van der Waals surface area (Å²) in [6.07, 6.45) is 6.10. The molecule has 0 radical (unpaired) electrons. The molecule has 2 fully saturated rings. The molecule has 8 heteroatoms. The van der Waals surface area contributed by atoms with Crippen molar-refractivity contribution in [1.82, 2.24) is 19.4 Å². The fourth-order valence-corrected chi connectivity index (χ4v) is 5.94. The van der Waals surface area contributed by atoms with Gasteiger partial charge in [-0.15, -0.1) is 0 Å². The molecule has 0 unspecified atom stereocenters. The molecule has 0 spiro atoms. The molecule has 2 aliphatic rings. The molecule has 0 atom stereocenters. The third-order valence-electron chi connectivity index (χ3n) is 6.73. The summed E-state index contributed by atoms with van der Waals surface area (Å²) in [5, 5.41) is 2.96. The zero-order valence-electron chi connectivity index (χ0n) is 19.1. The molecule has 7 nitrogen and oxygen atoms in total. The molecular formula is C23H38N4O3S. The van der Waals surface area contributed by atoms with Gasteiger partial charge >= 0.3 is 0 Å². The summed E-state index contributed by atoms with van der Waals surface area (Å²) in [5.74, 6) is -0.152. The molecule has 1 amide bonds. The van der Waals surface area contributed by atoms with Gasteiger partial charge in [0.2, 0.25) is 10.0 Å². The smallest absolute Gasteiger partial charge is 0.251 e. The number of carbonyl (C=O) groups excluding carboxylic acids is 1. The topological polar surface area (TPSA) is 73.0 Å². The lowest BCUT2D eigenvalue weighted by Gasteiger charge is -2.33. The first-order valence-corrected chi connectivity index (χ1v) is 13.2. The van der Waals surface area contributed by atoms with Crippen LogP contribution in [0.4, 0.5) is 0 Å². The SMILES string of the molecule is CCN1CCN(CCCNC(=O)c2ccc(S(=O)(=O)N(C)C3CCCCC3)cc2)CC1. The Bertz CT molecular complexity index is 799. The number of carbonyl (C=O) groups is 1. The fourth-order valence-electron chi connectivity index (χ4n) is 4.52. The molecule has 174 valence electrons. The summed E-state index contributed by atoms with van der Waals surface area (Å²) in [6.45, 7) is 9.34. The van der Waals surface area contributed by atoms with Crippen LogP contribution < -0.4 is 5.32 Å². The van der Waals surface area contributed by atoms with Crippen LogP contribution in [0.15, 0.2) is 29.2 Å². The van der Waals surface area contributed by atoms with Crippen LogP contribution in [0.5, 0.6) is 0 Å². The number of nitrogens with zero attached hydrogens (tertiary/aromatic N) is 3. The molecule has 1 saturated carbocycles. The van der Waals surface area contributed by atoms with E-state index in [-0.39, 0.29) is 16.8 Å². The fraction of sp³-hybridized carbons (Fsp3) is 0.696. The van der Waals surface area contributed by atoms with E-state index in [9.17, 15) is 13.2 Å². The Morgan fingerprint density at radius 2 is 1.65 bits per heavy atom. The number of rotatable bonds is 9. The summed E-state index contributed by atoms with van der Waals surface area (Å²) >= 11 is 0. The molecule has 1 N–H and O–H groups in total. The minimum Gasteiger partial charge on any atom is -0.352 e. The molecule has 0 bridgehead atoms. The van der Waals surface area contributed by atoms with Crippen molar-refractivity contribution in [2.24, 2.45) is 0 Å². The highest BCUT2D eigenvalue weighted by Crippen LogP contribution is 2.26. The van der Waals surface area contributed by atoms with Gasteiger partial charge in [0, 0.05) is 51.4 Å². The van der Waals surface area contributed by atoms with Crippen molar-refractivity contribution in [2.45, 2.75) is 56.4 Å². The number of amides is 1. The standard InChI is InChI=1S/C23H38N4O3S/c1-3-26-16-18-27(19-17-26)15-7-14-24-23(28)20-10-12-22(13-11-20)31(29,30)25(2)21-8-5-4-6-9-21/h10-13,21H,3-9,14-19H2,1-2H3,(H,24,28). The second kappa shape index (κ2) is 11.4. The quantitative estimate of drug-likeness (QED) is 0.585. The van der Waals surface area contributed by atoms with Gasteiger partial charge in [0.1, 0.15) is 0 Å². The third-order valence-corrected chi connectivity index (χ3v) is 8.66. The molecule has 1 aliphatic heterocycles. The van der Waals surface area contributed by atoms with E-state index in [1.54, 1.807) is 31.3 Å². The number of nitrogens with one attached hydrogen (secondary N) is 1. The monoisotopic (exact) mass is 450 g/mol. The minimum atomic E-state index is -3.53. The molecule has 1 aromatic rings. The predicted molar refractivity (Wildman–Crippen MR) is 124 cm³/mol. The van der Waals surface area contributed by atoms with Gasteiger partial charge in [0.15, 0.2) is 0 Å². The van der Waals surface area contributed by atoms with Gasteiger partial charge in [-0.1, -0.05) is 26.2 Å². The van der Waals surface area contributed by atoms with E-state index >= 15 is 0 Å². The predicted octanol–water partition coefficient (Wildman–Crippen LogP) is 2.40. The Morgan fingerprint density at radius 1 is 1.03 bits per heavy atom. The Labute approximate surface area is 187 Å². The van der Waals surface area contributed by atoms with Crippen LogP contribution in [0, 0.1) is 0 Å². The van der Waals surface area contributed by atoms with Gasteiger partial charge in [-0.25, -0.2) is 8.42 Å². The maximum Gasteiger partial charge on any atom is 0.251 e. The summed E-state index contributed by atoms with van der Waals surface area (Å²) in [7, 11) is -1.85. The maximum absolute atomic E-state index is 12.9. The zero-order valence-corrected chi connectivity index (χ0v) is 19.9. The highest BCUT2D eigenvalue weighted by atomic mass is 32.2. The molecule has 3 rings (SSSR count). The Morgan fingerprint density at radius 3 is 2.26 bits per heavy atom. The van der Waals surface area contributed by atoms with Gasteiger partial charge in [0.25, 0.3) is 5.91 Å². The molecule has 0 aromatic heterocycles. The van der Waals surface area contributed by atoms with Gasteiger partial charge in [0.05, 0.1) is 4.90 Å². The first-order valence-electron chi connectivity index (χ1n) is 11.7. The number of sulfonamides is 1. The highest BCUT2D eigenvalue weighted by Gasteiger charge is 2.29. The van der Waals surface area contributed by atoms with E-state index in [0.29, 0.717) is 12.1 Å². The largest absolute Gasteiger partial charge is 0.352 e. The van der Waals surface area contributed by atoms with Crippen LogP contribution >= 0.6 is 0 Å². The lowest BCUT2D eigenvalue weighted by atomic mass is 9.96. The van der Waals surface area contributed by atoms with Crippen molar-refractivity contribution < 1.29 is 13.2 Å². The number of hydrogen-bond acceptors (Lipinski definition) is 5. The number of benzene rings is 1. The van der Waals surface area contributed by atoms with Gasteiger partial charge in [-0.2, -0.15) is 4.31 Å². The van der Waals surface area contributed by atoms with Gasteiger partial charge < -0.3 is 15.1 Å². The van der Waals surface area contributed by atoms with Crippen molar-refractivity contribution in [1.29, 1.82) is 0 Å². The first kappa shape index (κ1) is 24.2. The van der Waals surface area contributed by atoms with Gasteiger partial charge in [-0.3, -0.25) is 4.79 Å². The zero-order chi connectivity index (χ0) is 22.3. The number of likely N-dealkylation sites (N-methyl/N-ethyl adjacent to an activating group) is 1. The number of piperazine rings is 1. The summed E-state index contributed by atoms with van der Waals surface area (Å²) in [5.41, 5.74) is 0.496. The number of hydrogen-bond donors (Lipinski definition) is 1. The molecule has 31 heavy (non-hydrogen) atoms. The van der Waals surface area contributed by atoms with E-state index in [1.165, 1.54) is 10.7 Å². The molecule has 1 heterocycles. The van der Waals surface area contributed by atoms with E-state index in [0.717, 1.165) is 71.4 Å². The summed E-state index contributed by atoms with van der Waals surface area (Å²) in [6, 6.07) is 6.40. The van der Waals surface area contributed by atoms with Crippen LogP contribution in [0.25, 0.3) is 0 Å².